The second-order valence-corrected chi connectivity index (χ2v) is 10.5. The molecule has 1 N–H and O–H groups in total. The van der Waals surface area contributed by atoms with Crippen molar-refractivity contribution >= 4 is 39.1 Å². The van der Waals surface area contributed by atoms with E-state index in [1.165, 1.54) is 46.1 Å². The molecule has 0 radical (unpaired) electrons. The Morgan fingerprint density at radius 3 is 2.35 bits per heavy atom. The molecule has 0 bridgehead atoms. The Hall–Kier alpha value is -3.24. The lowest BCUT2D eigenvalue weighted by Crippen LogP contribution is -2.31. The molecule has 1 aliphatic heterocycles. The first-order valence-corrected chi connectivity index (χ1v) is 12.4. The van der Waals surface area contributed by atoms with Crippen LogP contribution in [-0.2, 0) is 19.6 Å². The Balaban J connectivity index is 1.83. The molecule has 1 amide bonds. The number of benzene rings is 2. The van der Waals surface area contributed by atoms with Crippen LogP contribution in [0.4, 0.5) is 11.4 Å². The zero-order valence-electron chi connectivity index (χ0n) is 19.7. The van der Waals surface area contributed by atoms with Crippen LogP contribution in [0.5, 0.6) is 0 Å². The van der Waals surface area contributed by atoms with E-state index in [9.17, 15) is 22.8 Å². The average molecular weight is 488 g/mol. The fourth-order valence-electron chi connectivity index (χ4n) is 3.62. The number of nitrogens with one attached hydrogen (secondary N) is 1. The van der Waals surface area contributed by atoms with Crippen molar-refractivity contribution in [3.05, 3.63) is 53.6 Å². The summed E-state index contributed by atoms with van der Waals surface area (Å²) in [5.41, 5.74) is 1.50. The van der Waals surface area contributed by atoms with Gasteiger partial charge in [0.25, 0.3) is 5.91 Å². The highest BCUT2D eigenvalue weighted by Crippen LogP contribution is 2.29. The van der Waals surface area contributed by atoms with Crippen molar-refractivity contribution < 1.29 is 27.5 Å². The largest absolute Gasteiger partial charge is 0.449 e. The van der Waals surface area contributed by atoms with Gasteiger partial charge in [0.1, 0.15) is 0 Å². The van der Waals surface area contributed by atoms with Crippen LogP contribution >= 0.6 is 0 Å². The Morgan fingerprint density at radius 1 is 1.06 bits per heavy atom. The first-order chi connectivity index (χ1) is 16.0. The van der Waals surface area contributed by atoms with Crippen LogP contribution in [0.1, 0.15) is 47.4 Å². The Kier molecular flexibility index (Phi) is 7.73. The lowest BCUT2D eigenvalue weighted by molar-refractivity contribution is -0.123. The van der Waals surface area contributed by atoms with E-state index < -0.39 is 28.0 Å². The number of carbonyl (C=O) groups is 3. The van der Waals surface area contributed by atoms with Crippen molar-refractivity contribution in [3.8, 4) is 0 Å². The number of ether oxygens (including phenoxy) is 1. The number of ketones is 1. The minimum absolute atomic E-state index is 0.0365. The summed E-state index contributed by atoms with van der Waals surface area (Å²) >= 11 is 0. The van der Waals surface area contributed by atoms with Crippen molar-refractivity contribution in [3.63, 3.8) is 0 Å². The molecule has 0 aliphatic carbocycles. The van der Waals surface area contributed by atoms with Crippen LogP contribution in [0.3, 0.4) is 0 Å². The Bertz CT molecular complexity index is 1200. The molecule has 0 spiro atoms. The topological polar surface area (TPSA) is 113 Å². The van der Waals surface area contributed by atoms with E-state index >= 15 is 0 Å². The number of hydrogen-bond acceptors (Lipinski definition) is 7. The smallest absolute Gasteiger partial charge is 0.341 e. The van der Waals surface area contributed by atoms with Gasteiger partial charge in [-0.25, -0.2) is 17.5 Å². The minimum atomic E-state index is -3.77. The molecule has 1 heterocycles. The summed E-state index contributed by atoms with van der Waals surface area (Å²) in [6.07, 6.45) is 0.767. The molecule has 1 saturated heterocycles. The van der Waals surface area contributed by atoms with Crippen LogP contribution in [0.25, 0.3) is 0 Å². The van der Waals surface area contributed by atoms with Gasteiger partial charge in [-0.05, 0) is 57.0 Å². The van der Waals surface area contributed by atoms with E-state index in [0.29, 0.717) is 16.9 Å². The van der Waals surface area contributed by atoms with Gasteiger partial charge in [-0.2, -0.15) is 0 Å². The number of nitrogens with zero attached hydrogens (tertiary/aromatic N) is 2. The predicted octanol–water partition coefficient (Wildman–Crippen LogP) is 2.92. The highest BCUT2D eigenvalue weighted by molar-refractivity contribution is 7.89. The zero-order chi connectivity index (χ0) is 25.0. The van der Waals surface area contributed by atoms with Gasteiger partial charge in [0.15, 0.2) is 11.9 Å². The summed E-state index contributed by atoms with van der Waals surface area (Å²) in [6.45, 7) is 4.33. The molecule has 2 aromatic rings. The van der Waals surface area contributed by atoms with E-state index in [2.05, 4.69) is 5.32 Å². The van der Waals surface area contributed by atoms with Gasteiger partial charge in [0.2, 0.25) is 10.0 Å². The number of carbonyl (C=O) groups excluding carboxylic acids is 3. The SMILES string of the molecule is CC(=O)c1cccc(NC(=O)[C@H](C)OC(=O)c2cc(S(=O)(=O)N(C)C)ccc2N2CCCC2)c1. The second-order valence-electron chi connectivity index (χ2n) is 8.33. The van der Waals surface area contributed by atoms with Gasteiger partial charge in [0, 0.05) is 38.4 Å². The third-order valence-corrected chi connectivity index (χ3v) is 7.41. The number of Topliss-reactive ketones (excluding diaryl/α,β-unsaturated/α-hetero) is 1. The van der Waals surface area contributed by atoms with Crippen molar-refractivity contribution in [2.24, 2.45) is 0 Å². The Labute approximate surface area is 199 Å². The van der Waals surface area contributed by atoms with Crippen LogP contribution < -0.4 is 10.2 Å². The van der Waals surface area contributed by atoms with Crippen LogP contribution in [0, 0.1) is 0 Å². The second kappa shape index (κ2) is 10.4. The summed E-state index contributed by atoms with van der Waals surface area (Å²) in [6, 6.07) is 10.8. The standard InChI is InChI=1S/C24H29N3O6S/c1-16(28)18-8-7-9-19(14-18)25-23(29)17(2)33-24(30)21-15-20(34(31,32)26(3)4)10-11-22(21)27-12-5-6-13-27/h7-11,14-15,17H,5-6,12-13H2,1-4H3,(H,25,29)/t17-/m0/s1. The van der Waals surface area contributed by atoms with Gasteiger partial charge in [-0.15, -0.1) is 0 Å². The Morgan fingerprint density at radius 2 is 1.74 bits per heavy atom. The molecule has 34 heavy (non-hydrogen) atoms. The highest BCUT2D eigenvalue weighted by Gasteiger charge is 2.27. The van der Waals surface area contributed by atoms with Gasteiger partial charge in [-0.3, -0.25) is 9.59 Å². The summed E-state index contributed by atoms with van der Waals surface area (Å²) in [7, 11) is -0.946. The predicted molar refractivity (Wildman–Crippen MR) is 129 cm³/mol. The number of rotatable bonds is 8. The maximum atomic E-state index is 13.1. The molecule has 2 aromatic carbocycles. The maximum Gasteiger partial charge on any atom is 0.341 e. The fourth-order valence-corrected chi connectivity index (χ4v) is 4.55. The van der Waals surface area contributed by atoms with E-state index in [0.717, 1.165) is 30.2 Å². The number of amides is 1. The van der Waals surface area contributed by atoms with Crippen molar-refractivity contribution in [2.45, 2.75) is 37.7 Å². The third kappa shape index (κ3) is 5.63. The normalized spacial score (nSPS) is 14.7. The zero-order valence-corrected chi connectivity index (χ0v) is 20.5. The molecule has 1 fully saturated rings. The van der Waals surface area contributed by atoms with Gasteiger partial charge in [0.05, 0.1) is 16.1 Å². The first-order valence-electron chi connectivity index (χ1n) is 10.9. The monoisotopic (exact) mass is 487 g/mol. The van der Waals surface area contributed by atoms with Gasteiger partial charge >= 0.3 is 5.97 Å². The number of sulfonamides is 1. The molecular weight excluding hydrogens is 458 g/mol. The van der Waals surface area contributed by atoms with Crippen molar-refractivity contribution in [2.75, 3.05) is 37.4 Å². The molecule has 1 aliphatic rings. The van der Waals surface area contributed by atoms with E-state index in [1.807, 2.05) is 4.90 Å². The fraction of sp³-hybridized carbons (Fsp3) is 0.375. The first kappa shape index (κ1) is 25.4. The van der Waals surface area contributed by atoms with E-state index in [4.69, 9.17) is 4.74 Å². The lowest BCUT2D eigenvalue weighted by atomic mass is 10.1. The lowest BCUT2D eigenvalue weighted by Gasteiger charge is -2.23. The maximum absolute atomic E-state index is 13.1. The van der Waals surface area contributed by atoms with Crippen LogP contribution in [0.15, 0.2) is 47.4 Å². The van der Waals surface area contributed by atoms with E-state index in [1.54, 1.807) is 24.3 Å². The summed E-state index contributed by atoms with van der Waals surface area (Å²) < 4.78 is 31.7. The molecule has 0 aromatic heterocycles. The molecule has 182 valence electrons. The minimum Gasteiger partial charge on any atom is -0.449 e. The molecule has 3 rings (SSSR count). The molecule has 0 saturated carbocycles. The van der Waals surface area contributed by atoms with Crippen LogP contribution in [0.2, 0.25) is 0 Å². The number of anilines is 2. The molecule has 1 atom stereocenters. The summed E-state index contributed by atoms with van der Waals surface area (Å²) in [5.74, 6) is -1.51. The van der Waals surface area contributed by atoms with E-state index in [-0.39, 0.29) is 16.2 Å². The molecule has 10 heteroatoms. The van der Waals surface area contributed by atoms with Gasteiger partial charge in [-0.1, -0.05) is 12.1 Å². The number of hydrogen-bond donors (Lipinski definition) is 1. The van der Waals surface area contributed by atoms with Crippen molar-refractivity contribution in [1.82, 2.24) is 4.31 Å². The van der Waals surface area contributed by atoms with Crippen molar-refractivity contribution in [1.29, 1.82) is 0 Å². The average Bonchev–Trinajstić information content (AvgIpc) is 3.33. The third-order valence-electron chi connectivity index (χ3n) is 5.60. The summed E-state index contributed by atoms with van der Waals surface area (Å²) in [4.78, 5) is 39.3. The highest BCUT2D eigenvalue weighted by atomic mass is 32.2. The van der Waals surface area contributed by atoms with Crippen LogP contribution in [-0.4, -0.2) is 63.7 Å². The summed E-state index contributed by atoms with van der Waals surface area (Å²) in [5, 5.41) is 2.63. The molecule has 9 nitrogen and oxygen atoms in total. The molecule has 0 unspecified atom stereocenters. The molecular formula is C24H29N3O6S. The quantitative estimate of drug-likeness (QED) is 0.450. The number of esters is 1. The van der Waals surface area contributed by atoms with Gasteiger partial charge < -0.3 is 15.0 Å².